The number of carbonyl (C=O) groups is 1. The van der Waals surface area contributed by atoms with E-state index in [9.17, 15) is 4.79 Å². The highest BCUT2D eigenvalue weighted by Crippen LogP contribution is 1.89. The molecule has 6 nitrogen and oxygen atoms in total. The van der Waals surface area contributed by atoms with Gasteiger partial charge in [-0.3, -0.25) is 4.79 Å². The molecule has 15 heavy (non-hydrogen) atoms. The van der Waals surface area contributed by atoms with Crippen LogP contribution in [0.3, 0.4) is 0 Å². The Morgan fingerprint density at radius 1 is 1.60 bits per heavy atom. The molecule has 0 fully saturated rings. The van der Waals surface area contributed by atoms with E-state index < -0.39 is 0 Å². The number of hydrogen-bond acceptors (Lipinski definition) is 4. The largest absolute Gasteiger partial charge is 0.348 e. The van der Waals surface area contributed by atoms with Crippen LogP contribution in [0.4, 0.5) is 0 Å². The van der Waals surface area contributed by atoms with E-state index in [4.69, 9.17) is 0 Å². The van der Waals surface area contributed by atoms with E-state index in [1.807, 2.05) is 20.9 Å². The Balaban J connectivity index is 2.26. The van der Waals surface area contributed by atoms with Gasteiger partial charge in [0.15, 0.2) is 5.82 Å². The van der Waals surface area contributed by atoms with Gasteiger partial charge in [-0.2, -0.15) is 0 Å². The van der Waals surface area contributed by atoms with Gasteiger partial charge in [-0.15, -0.1) is 10.2 Å². The third-order valence-corrected chi connectivity index (χ3v) is 1.92. The van der Waals surface area contributed by atoms with Crippen LogP contribution in [0.2, 0.25) is 0 Å². The first kappa shape index (κ1) is 11.6. The number of nitrogens with one attached hydrogen (secondary N) is 2. The molecule has 1 aromatic rings. The second-order valence-electron chi connectivity index (χ2n) is 3.67. The summed E-state index contributed by atoms with van der Waals surface area (Å²) in [7, 11) is 1.84. The van der Waals surface area contributed by atoms with E-state index in [1.165, 1.54) is 0 Å². The average molecular weight is 211 g/mol. The first-order chi connectivity index (χ1) is 7.09. The van der Waals surface area contributed by atoms with Crippen molar-refractivity contribution in [2.45, 2.75) is 26.4 Å². The summed E-state index contributed by atoms with van der Waals surface area (Å²) in [4.78, 5) is 11.3. The molecule has 2 N–H and O–H groups in total. The van der Waals surface area contributed by atoms with E-state index in [1.54, 1.807) is 10.9 Å². The van der Waals surface area contributed by atoms with E-state index in [2.05, 4.69) is 20.8 Å². The Labute approximate surface area is 89.1 Å². The molecular weight excluding hydrogens is 194 g/mol. The number of aromatic nitrogens is 3. The molecule has 0 saturated heterocycles. The summed E-state index contributed by atoms with van der Waals surface area (Å²) in [6.07, 6.45) is 1.61. The third-order valence-electron chi connectivity index (χ3n) is 1.92. The third kappa shape index (κ3) is 4.07. The summed E-state index contributed by atoms with van der Waals surface area (Å²) in [5, 5.41) is 13.4. The van der Waals surface area contributed by atoms with Gasteiger partial charge in [-0.05, 0) is 0 Å². The lowest BCUT2D eigenvalue weighted by Gasteiger charge is -2.08. The minimum absolute atomic E-state index is 0.0355. The molecule has 0 aliphatic rings. The standard InChI is InChI=1S/C9H17N5O/c1-7(2)10-5-9(15)11-4-8-13-12-6-14(8)3/h6-7,10H,4-5H2,1-3H3,(H,11,15). The van der Waals surface area contributed by atoms with Crippen molar-refractivity contribution in [2.24, 2.45) is 7.05 Å². The molecular formula is C9H17N5O. The number of aryl methyl sites for hydroxylation is 1. The number of hydrogen-bond donors (Lipinski definition) is 2. The highest BCUT2D eigenvalue weighted by atomic mass is 16.1. The maximum absolute atomic E-state index is 11.3. The molecule has 0 spiro atoms. The second-order valence-corrected chi connectivity index (χ2v) is 3.67. The van der Waals surface area contributed by atoms with E-state index in [0.29, 0.717) is 19.1 Å². The summed E-state index contributed by atoms with van der Waals surface area (Å²) in [6, 6.07) is 0.311. The average Bonchev–Trinajstić information content (AvgIpc) is 2.58. The number of rotatable bonds is 5. The van der Waals surface area contributed by atoms with Crippen molar-refractivity contribution >= 4 is 5.91 Å². The summed E-state index contributed by atoms with van der Waals surface area (Å²) in [6.45, 7) is 4.73. The molecule has 0 aromatic carbocycles. The van der Waals surface area contributed by atoms with Crippen LogP contribution in [0.15, 0.2) is 6.33 Å². The van der Waals surface area contributed by atoms with Gasteiger partial charge in [0.05, 0.1) is 13.1 Å². The zero-order valence-corrected chi connectivity index (χ0v) is 9.32. The summed E-state index contributed by atoms with van der Waals surface area (Å²) in [5.74, 6) is 0.708. The molecule has 0 saturated carbocycles. The van der Waals surface area contributed by atoms with Crippen molar-refractivity contribution in [1.82, 2.24) is 25.4 Å². The van der Waals surface area contributed by atoms with E-state index >= 15 is 0 Å². The number of nitrogens with zero attached hydrogens (tertiary/aromatic N) is 3. The lowest BCUT2D eigenvalue weighted by atomic mass is 10.4. The Bertz CT molecular complexity index is 320. The van der Waals surface area contributed by atoms with Gasteiger partial charge < -0.3 is 15.2 Å². The first-order valence-electron chi connectivity index (χ1n) is 4.92. The van der Waals surface area contributed by atoms with Gasteiger partial charge in [0.1, 0.15) is 6.33 Å². The van der Waals surface area contributed by atoms with Gasteiger partial charge in [0.25, 0.3) is 0 Å². The molecule has 0 unspecified atom stereocenters. The second kappa shape index (κ2) is 5.45. The minimum Gasteiger partial charge on any atom is -0.348 e. The molecule has 1 rings (SSSR count). The fraction of sp³-hybridized carbons (Fsp3) is 0.667. The fourth-order valence-corrected chi connectivity index (χ4v) is 1.00. The normalized spacial score (nSPS) is 10.7. The monoisotopic (exact) mass is 211 g/mol. The van der Waals surface area contributed by atoms with Crippen molar-refractivity contribution in [1.29, 1.82) is 0 Å². The van der Waals surface area contributed by atoms with Gasteiger partial charge in [0.2, 0.25) is 5.91 Å². The van der Waals surface area contributed by atoms with Crippen LogP contribution in [0.5, 0.6) is 0 Å². The maximum atomic E-state index is 11.3. The molecule has 0 radical (unpaired) electrons. The van der Waals surface area contributed by atoms with Gasteiger partial charge in [0, 0.05) is 13.1 Å². The van der Waals surface area contributed by atoms with Crippen LogP contribution in [0.1, 0.15) is 19.7 Å². The zero-order chi connectivity index (χ0) is 11.3. The smallest absolute Gasteiger partial charge is 0.234 e. The molecule has 0 aliphatic heterocycles. The van der Waals surface area contributed by atoms with Crippen LogP contribution in [0.25, 0.3) is 0 Å². The predicted octanol–water partition coefficient (Wildman–Crippen LogP) is -0.571. The fourth-order valence-electron chi connectivity index (χ4n) is 1.00. The van der Waals surface area contributed by atoms with Crippen molar-refractivity contribution in [3.05, 3.63) is 12.2 Å². The lowest BCUT2D eigenvalue weighted by Crippen LogP contribution is -2.36. The zero-order valence-electron chi connectivity index (χ0n) is 9.32. The van der Waals surface area contributed by atoms with Crippen LogP contribution in [-0.2, 0) is 18.4 Å². The predicted molar refractivity (Wildman–Crippen MR) is 56.0 cm³/mol. The highest BCUT2D eigenvalue weighted by molar-refractivity contribution is 5.77. The van der Waals surface area contributed by atoms with Crippen molar-refractivity contribution in [2.75, 3.05) is 6.54 Å². The molecule has 84 valence electrons. The molecule has 1 aromatic heterocycles. The molecule has 0 bridgehead atoms. The molecule has 6 heteroatoms. The van der Waals surface area contributed by atoms with Crippen molar-refractivity contribution in [3.63, 3.8) is 0 Å². The van der Waals surface area contributed by atoms with Crippen LogP contribution in [0, 0.1) is 0 Å². The van der Waals surface area contributed by atoms with E-state index in [0.717, 1.165) is 5.82 Å². The van der Waals surface area contributed by atoms with Crippen LogP contribution < -0.4 is 10.6 Å². The molecule has 0 aliphatic carbocycles. The van der Waals surface area contributed by atoms with Crippen molar-refractivity contribution < 1.29 is 4.79 Å². The lowest BCUT2D eigenvalue weighted by molar-refractivity contribution is -0.120. The molecule has 1 amide bonds. The summed E-state index contributed by atoms with van der Waals surface area (Å²) < 4.78 is 1.77. The van der Waals surface area contributed by atoms with Gasteiger partial charge >= 0.3 is 0 Å². The molecule has 0 atom stereocenters. The minimum atomic E-state index is -0.0355. The maximum Gasteiger partial charge on any atom is 0.234 e. The Kier molecular flexibility index (Phi) is 4.23. The number of carbonyl (C=O) groups excluding carboxylic acids is 1. The number of amides is 1. The van der Waals surface area contributed by atoms with E-state index in [-0.39, 0.29) is 5.91 Å². The SMILES string of the molecule is CC(C)NCC(=O)NCc1nncn1C. The van der Waals surface area contributed by atoms with Crippen LogP contribution in [-0.4, -0.2) is 33.3 Å². The molecule has 1 heterocycles. The first-order valence-corrected chi connectivity index (χ1v) is 4.92. The van der Waals surface area contributed by atoms with Crippen LogP contribution >= 0.6 is 0 Å². The quantitative estimate of drug-likeness (QED) is 0.684. The highest BCUT2D eigenvalue weighted by Gasteiger charge is 2.04. The summed E-state index contributed by atoms with van der Waals surface area (Å²) >= 11 is 0. The summed E-state index contributed by atoms with van der Waals surface area (Å²) in [5.41, 5.74) is 0. The Hall–Kier alpha value is -1.43. The van der Waals surface area contributed by atoms with Gasteiger partial charge in [-0.25, -0.2) is 0 Å². The Morgan fingerprint density at radius 2 is 2.33 bits per heavy atom. The van der Waals surface area contributed by atoms with Gasteiger partial charge in [-0.1, -0.05) is 13.8 Å². The van der Waals surface area contributed by atoms with Crippen molar-refractivity contribution in [3.8, 4) is 0 Å². The Morgan fingerprint density at radius 3 is 2.87 bits per heavy atom. The topological polar surface area (TPSA) is 71.8 Å².